The summed E-state index contributed by atoms with van der Waals surface area (Å²) in [7, 11) is 1.76. The number of benzene rings is 2. The summed E-state index contributed by atoms with van der Waals surface area (Å²) in [6, 6.07) is 16.3. The van der Waals surface area contributed by atoms with Crippen LogP contribution in [0.3, 0.4) is 0 Å². The van der Waals surface area contributed by atoms with Crippen LogP contribution in [-0.2, 0) is 16.6 Å². The van der Waals surface area contributed by atoms with Crippen molar-refractivity contribution in [3.05, 3.63) is 86.1 Å². The molecule has 0 bridgehead atoms. The van der Waals surface area contributed by atoms with E-state index in [1.807, 2.05) is 42.5 Å². The van der Waals surface area contributed by atoms with Gasteiger partial charge in [0.15, 0.2) is 0 Å². The van der Waals surface area contributed by atoms with Crippen LogP contribution in [0.4, 0.5) is 5.69 Å². The Labute approximate surface area is 211 Å². The minimum Gasteiger partial charge on any atom is -0.320 e. The number of hydrogen-bond donors (Lipinski definition) is 1. The maximum Gasteiger partial charge on any atom is 0.295 e. The van der Waals surface area contributed by atoms with Gasteiger partial charge in [0.05, 0.1) is 16.3 Å². The summed E-state index contributed by atoms with van der Waals surface area (Å²) in [4.78, 5) is 40.3. The minimum absolute atomic E-state index is 0.000222. The lowest BCUT2D eigenvalue weighted by atomic mass is 10.2. The van der Waals surface area contributed by atoms with Crippen molar-refractivity contribution in [2.75, 3.05) is 11.9 Å². The molecule has 34 heavy (non-hydrogen) atoms. The van der Waals surface area contributed by atoms with Crippen LogP contribution in [0.2, 0.25) is 5.02 Å². The van der Waals surface area contributed by atoms with Gasteiger partial charge < -0.3 is 5.32 Å². The summed E-state index contributed by atoms with van der Waals surface area (Å²) >= 11 is 12.4. The third-order valence-corrected chi connectivity index (χ3v) is 7.05. The van der Waals surface area contributed by atoms with Gasteiger partial charge in [0.2, 0.25) is 5.91 Å². The van der Waals surface area contributed by atoms with E-state index in [1.54, 1.807) is 36.9 Å². The van der Waals surface area contributed by atoms with Crippen LogP contribution < -0.4 is 10.9 Å². The van der Waals surface area contributed by atoms with Crippen LogP contribution in [0.15, 0.2) is 64.3 Å². The first-order valence-corrected chi connectivity index (χ1v) is 12.0. The van der Waals surface area contributed by atoms with E-state index in [0.717, 1.165) is 5.56 Å². The molecular formula is C24H21ClN4O3S2. The van der Waals surface area contributed by atoms with E-state index < -0.39 is 0 Å². The van der Waals surface area contributed by atoms with Crippen LogP contribution in [0.5, 0.6) is 0 Å². The van der Waals surface area contributed by atoms with E-state index in [2.05, 4.69) is 5.32 Å². The van der Waals surface area contributed by atoms with Crippen molar-refractivity contribution >= 4 is 63.5 Å². The highest BCUT2D eigenvalue weighted by Gasteiger charge is 2.32. The summed E-state index contributed by atoms with van der Waals surface area (Å²) in [6.07, 6.45) is 1.74. The highest BCUT2D eigenvalue weighted by Crippen LogP contribution is 2.32. The lowest BCUT2D eigenvalue weighted by molar-refractivity contribution is -0.122. The average molecular weight is 513 g/mol. The Morgan fingerprint density at radius 2 is 1.79 bits per heavy atom. The van der Waals surface area contributed by atoms with E-state index in [-0.39, 0.29) is 36.0 Å². The number of halogens is 1. The first kappa shape index (κ1) is 24.0. The minimum atomic E-state index is -0.373. The van der Waals surface area contributed by atoms with Gasteiger partial charge in [-0.2, -0.15) is 0 Å². The summed E-state index contributed by atoms with van der Waals surface area (Å²) in [5.74, 6) is -0.623. The van der Waals surface area contributed by atoms with E-state index >= 15 is 0 Å². The molecular weight excluding hydrogens is 492 g/mol. The number of anilines is 1. The van der Waals surface area contributed by atoms with Gasteiger partial charge in [-0.3, -0.25) is 24.0 Å². The number of para-hydroxylation sites is 1. The third-order valence-electron chi connectivity index (χ3n) is 5.42. The second kappa shape index (κ2) is 10.0. The lowest BCUT2D eigenvalue weighted by Crippen LogP contribution is -2.32. The maximum atomic E-state index is 13.0. The number of rotatable bonds is 6. The van der Waals surface area contributed by atoms with Crippen LogP contribution in [0, 0.1) is 6.92 Å². The van der Waals surface area contributed by atoms with Gasteiger partial charge >= 0.3 is 0 Å². The summed E-state index contributed by atoms with van der Waals surface area (Å²) in [6.45, 7) is 1.88. The molecule has 0 spiro atoms. The number of nitrogens with zero attached hydrogens (tertiary/aromatic N) is 3. The number of carbonyl (C=O) groups excluding carboxylic acids is 2. The predicted molar refractivity (Wildman–Crippen MR) is 140 cm³/mol. The largest absolute Gasteiger partial charge is 0.320 e. The number of hydrogen-bond acceptors (Lipinski definition) is 5. The van der Waals surface area contributed by atoms with E-state index in [1.165, 1.54) is 21.3 Å². The van der Waals surface area contributed by atoms with Gasteiger partial charge in [-0.1, -0.05) is 65.9 Å². The molecule has 10 heteroatoms. The molecule has 1 aromatic heterocycles. The molecule has 2 amide bonds. The Kier molecular flexibility index (Phi) is 7.06. The molecule has 2 heterocycles. The van der Waals surface area contributed by atoms with Gasteiger partial charge in [0, 0.05) is 25.0 Å². The number of thioether (sulfide) groups is 1. The summed E-state index contributed by atoms with van der Waals surface area (Å²) < 4.78 is 3.58. The number of nitrogens with one attached hydrogen (secondary N) is 1. The van der Waals surface area contributed by atoms with Crippen molar-refractivity contribution in [1.29, 1.82) is 0 Å². The molecule has 1 saturated heterocycles. The van der Waals surface area contributed by atoms with E-state index in [4.69, 9.17) is 23.8 Å². The first-order chi connectivity index (χ1) is 16.3. The van der Waals surface area contributed by atoms with Crippen LogP contribution in [0.25, 0.3) is 11.8 Å². The normalized spacial score (nSPS) is 14.8. The van der Waals surface area contributed by atoms with Crippen molar-refractivity contribution < 1.29 is 9.59 Å². The van der Waals surface area contributed by atoms with Crippen LogP contribution in [0.1, 0.15) is 17.7 Å². The van der Waals surface area contributed by atoms with Crippen molar-refractivity contribution in [2.45, 2.75) is 13.3 Å². The van der Waals surface area contributed by atoms with E-state index in [9.17, 15) is 14.4 Å². The molecule has 2 aromatic carbocycles. The second-order valence-corrected chi connectivity index (χ2v) is 9.73. The van der Waals surface area contributed by atoms with Crippen molar-refractivity contribution in [1.82, 2.24) is 14.3 Å². The fraction of sp³-hybridized carbons (Fsp3) is 0.167. The molecule has 0 radical (unpaired) electrons. The third kappa shape index (κ3) is 4.86. The lowest BCUT2D eigenvalue weighted by Gasteiger charge is -2.13. The quantitative estimate of drug-likeness (QED) is 0.392. The molecule has 7 nitrogen and oxygen atoms in total. The second-order valence-electron chi connectivity index (χ2n) is 7.62. The zero-order valence-corrected chi connectivity index (χ0v) is 20.8. The monoisotopic (exact) mass is 512 g/mol. The summed E-state index contributed by atoms with van der Waals surface area (Å²) in [5.41, 5.74) is 2.04. The highest BCUT2D eigenvalue weighted by atomic mass is 35.5. The Morgan fingerprint density at radius 1 is 1.12 bits per heavy atom. The molecule has 174 valence electrons. The SMILES string of the molecule is Cc1c(NC(=O)CCN2C(=O)/C(=C/c3ccc(Cl)cc3)SC2=S)c(=O)n(-c2ccccc2)n1C. The zero-order chi connectivity index (χ0) is 24.4. The van der Waals surface area contributed by atoms with E-state index in [0.29, 0.717) is 25.6 Å². The molecule has 1 aliphatic heterocycles. The molecule has 0 atom stereocenters. The number of carbonyl (C=O) groups is 2. The van der Waals surface area contributed by atoms with Crippen molar-refractivity contribution in [3.63, 3.8) is 0 Å². The standard InChI is InChI=1S/C24H21ClN4O3S2/c1-15-21(23(32)29(27(15)2)18-6-4-3-5-7-18)26-20(30)12-13-28-22(31)19(34-24(28)33)14-16-8-10-17(25)11-9-16/h3-11,14H,12-13H2,1-2H3,(H,26,30)/b19-14-. The predicted octanol–water partition coefficient (Wildman–Crippen LogP) is 4.37. The van der Waals surface area contributed by atoms with Crippen LogP contribution >= 0.6 is 35.6 Å². The van der Waals surface area contributed by atoms with Gasteiger partial charge in [-0.05, 0) is 42.8 Å². The zero-order valence-electron chi connectivity index (χ0n) is 18.4. The Balaban J connectivity index is 1.44. The highest BCUT2D eigenvalue weighted by molar-refractivity contribution is 8.26. The van der Waals surface area contributed by atoms with Gasteiger partial charge in [-0.15, -0.1) is 0 Å². The fourth-order valence-corrected chi connectivity index (χ4v) is 4.97. The Morgan fingerprint density at radius 3 is 2.47 bits per heavy atom. The average Bonchev–Trinajstić information content (AvgIpc) is 3.20. The molecule has 0 unspecified atom stereocenters. The molecule has 1 N–H and O–H groups in total. The molecule has 0 aliphatic carbocycles. The van der Waals surface area contributed by atoms with Gasteiger partial charge in [0.1, 0.15) is 10.0 Å². The Hall–Kier alpha value is -3.14. The fourth-order valence-electron chi connectivity index (χ4n) is 3.53. The first-order valence-electron chi connectivity index (χ1n) is 10.4. The smallest absolute Gasteiger partial charge is 0.295 e. The van der Waals surface area contributed by atoms with Gasteiger partial charge in [0.25, 0.3) is 11.5 Å². The number of amides is 2. The molecule has 1 fully saturated rings. The van der Waals surface area contributed by atoms with Crippen LogP contribution in [-0.4, -0.2) is 36.9 Å². The molecule has 4 rings (SSSR count). The number of aromatic nitrogens is 2. The van der Waals surface area contributed by atoms with Crippen molar-refractivity contribution in [3.8, 4) is 5.69 Å². The van der Waals surface area contributed by atoms with Gasteiger partial charge in [-0.25, -0.2) is 4.68 Å². The molecule has 1 aliphatic rings. The topological polar surface area (TPSA) is 76.3 Å². The molecule has 3 aromatic rings. The molecule has 0 saturated carbocycles. The Bertz CT molecular complexity index is 1360. The number of thiocarbonyl (C=S) groups is 1. The summed E-state index contributed by atoms with van der Waals surface area (Å²) in [5, 5.41) is 3.32. The maximum absolute atomic E-state index is 13.0. The van der Waals surface area contributed by atoms with Crippen molar-refractivity contribution in [2.24, 2.45) is 7.05 Å².